The zero-order valence-corrected chi connectivity index (χ0v) is 7.27. The fourth-order valence-electron chi connectivity index (χ4n) is 0.992. The predicted molar refractivity (Wildman–Crippen MR) is 41.9 cm³/mol. The highest BCUT2D eigenvalue weighted by Crippen LogP contribution is 2.31. The monoisotopic (exact) mass is 221 g/mol. The minimum atomic E-state index is -4.76. The molecule has 0 aliphatic rings. The van der Waals surface area contributed by atoms with Gasteiger partial charge in [-0.3, -0.25) is 0 Å². The lowest BCUT2D eigenvalue weighted by atomic mass is 10.1. The Morgan fingerprint density at radius 1 is 1.33 bits per heavy atom. The summed E-state index contributed by atoms with van der Waals surface area (Å²) < 4.78 is 53.5. The maximum Gasteiger partial charge on any atom is 0.419 e. The lowest BCUT2D eigenvalue weighted by Gasteiger charge is -2.09. The first-order chi connectivity index (χ1) is 6.95. The van der Waals surface area contributed by atoms with E-state index in [9.17, 15) is 22.4 Å². The molecule has 0 atom stereocenters. The summed E-state index contributed by atoms with van der Waals surface area (Å²) in [6.07, 6.45) is -4.76. The van der Waals surface area contributed by atoms with Gasteiger partial charge in [-0.1, -0.05) is 6.07 Å². The zero-order valence-electron chi connectivity index (χ0n) is 7.27. The van der Waals surface area contributed by atoms with Gasteiger partial charge >= 0.3 is 12.6 Å². The fraction of sp³-hybridized carbons (Fsp3) is 0.222. The molecule has 81 valence electrons. The third kappa shape index (κ3) is 2.93. The lowest BCUT2D eigenvalue weighted by Crippen LogP contribution is -2.09. The van der Waals surface area contributed by atoms with Crippen LogP contribution in [-0.2, 0) is 22.3 Å². The largest absolute Gasteiger partial charge is 0.452 e. The number of hydrogen-bond donors (Lipinski definition) is 0. The van der Waals surface area contributed by atoms with Gasteiger partial charge in [-0.05, 0) is 17.7 Å². The van der Waals surface area contributed by atoms with Crippen molar-refractivity contribution in [2.75, 3.05) is 0 Å². The van der Waals surface area contributed by atoms with Crippen LogP contribution in [0, 0.1) is 5.82 Å². The van der Waals surface area contributed by atoms with Crippen molar-refractivity contribution in [3.63, 3.8) is 0 Å². The molecule has 1 rings (SSSR count). The van der Waals surface area contributed by atoms with E-state index in [4.69, 9.17) is 0 Å². The summed E-state index contributed by atoms with van der Waals surface area (Å²) in [5.41, 5.74) is -1.33. The predicted octanol–water partition coefficient (Wildman–Crippen LogP) is 2.43. The number of carbonyl (C=O) groups excluding carboxylic acids is 1. The first kappa shape index (κ1) is 11.5. The van der Waals surface area contributed by atoms with Gasteiger partial charge in [0.05, 0.1) is 5.56 Å². The third-order valence-electron chi connectivity index (χ3n) is 1.63. The van der Waals surface area contributed by atoms with Crippen LogP contribution in [0.25, 0.3) is 0 Å². The van der Waals surface area contributed by atoms with Crippen molar-refractivity contribution in [2.45, 2.75) is 12.8 Å². The van der Waals surface area contributed by atoms with E-state index in [0.717, 1.165) is 12.5 Å². The highest BCUT2D eigenvalue weighted by atomic mass is 19.4. The average molecular weight is 221 g/mol. The molecule has 1 aromatic carbocycles. The molecule has 0 saturated carbocycles. The van der Waals surface area contributed by atoms with Gasteiger partial charge in [0, 0.05) is 0 Å². The van der Waals surface area contributed by atoms with Gasteiger partial charge in [0.1, 0.15) is 12.4 Å². The molecule has 0 aliphatic heterocycles. The first-order valence-corrected chi connectivity index (χ1v) is 3.79. The van der Waals surface area contributed by atoms with Gasteiger partial charge in [-0.15, -0.1) is 0 Å². The highest BCUT2D eigenvalue weighted by Gasteiger charge is 2.34. The lowest BCUT2D eigenvalue weighted by molar-refractivity contribution is -0.140. The van der Waals surface area contributed by atoms with E-state index in [0.29, 0.717) is 12.1 Å². The van der Waals surface area contributed by atoms with E-state index in [-0.39, 0.29) is 12.2 Å². The summed E-state index contributed by atoms with van der Waals surface area (Å²) in [6, 6.07) is 2.36. The van der Waals surface area contributed by atoms with Crippen LogP contribution in [0.4, 0.5) is 17.6 Å². The summed E-state index contributed by atoms with van der Waals surface area (Å²) in [4.78, 5) is 9.68. The van der Waals surface area contributed by atoms with Gasteiger partial charge < -0.3 is 4.74 Å². The van der Waals surface area contributed by atoms with Crippen molar-refractivity contribution >= 4 is 6.47 Å². The van der Waals surface area contributed by atoms with Gasteiger partial charge in [-0.25, -0.2) is 9.18 Å². The van der Waals surface area contributed by atoms with Crippen molar-refractivity contribution in [1.82, 2.24) is 0 Å². The maximum absolute atomic E-state index is 12.7. The molecule has 0 amide bonds. The molecule has 6 heteroatoms. The highest BCUT2D eigenvalue weighted by molar-refractivity contribution is 5.39. The molecule has 1 radical (unpaired) electrons. The molecule has 0 aromatic heterocycles. The fourth-order valence-corrected chi connectivity index (χ4v) is 0.992. The summed E-state index contributed by atoms with van der Waals surface area (Å²) in [5, 5.41) is 0. The number of halogens is 4. The van der Waals surface area contributed by atoms with Crippen LogP contribution in [0.3, 0.4) is 0 Å². The average Bonchev–Trinajstić information content (AvgIpc) is 2.15. The van der Waals surface area contributed by atoms with E-state index >= 15 is 0 Å². The summed E-state index contributed by atoms with van der Waals surface area (Å²) in [7, 11) is 0. The number of alkyl halides is 3. The number of benzene rings is 1. The molecule has 0 aliphatic carbocycles. The molecule has 0 saturated heterocycles. The Morgan fingerprint density at radius 3 is 2.53 bits per heavy atom. The second-order valence-corrected chi connectivity index (χ2v) is 2.68. The van der Waals surface area contributed by atoms with Crippen LogP contribution in [0.15, 0.2) is 18.2 Å². The van der Waals surface area contributed by atoms with Crippen molar-refractivity contribution in [3.8, 4) is 0 Å². The van der Waals surface area contributed by atoms with Gasteiger partial charge in [0.2, 0.25) is 0 Å². The Balaban J connectivity index is 3.00. The molecule has 15 heavy (non-hydrogen) atoms. The van der Waals surface area contributed by atoms with Crippen LogP contribution >= 0.6 is 0 Å². The molecule has 0 bridgehead atoms. The van der Waals surface area contributed by atoms with Crippen LogP contribution < -0.4 is 0 Å². The van der Waals surface area contributed by atoms with Crippen molar-refractivity contribution < 1.29 is 27.1 Å². The first-order valence-electron chi connectivity index (χ1n) is 3.79. The van der Waals surface area contributed by atoms with Gasteiger partial charge in [-0.2, -0.15) is 13.2 Å². The summed E-state index contributed by atoms with van der Waals surface area (Å²) in [5.74, 6) is -1.36. The molecule has 0 heterocycles. The quantitative estimate of drug-likeness (QED) is 0.732. The zero-order chi connectivity index (χ0) is 11.5. The van der Waals surface area contributed by atoms with Crippen molar-refractivity contribution in [2.24, 2.45) is 0 Å². The molecule has 0 unspecified atom stereocenters. The summed E-state index contributed by atoms with van der Waals surface area (Å²) in [6.45, 7) is 0.696. The van der Waals surface area contributed by atoms with Crippen molar-refractivity contribution in [1.29, 1.82) is 0 Å². The van der Waals surface area contributed by atoms with E-state index in [2.05, 4.69) is 4.74 Å². The van der Waals surface area contributed by atoms with E-state index in [1.807, 2.05) is 0 Å². The normalized spacial score (nSPS) is 11.2. The second-order valence-electron chi connectivity index (χ2n) is 2.68. The number of ether oxygens (including phenoxy) is 1. The van der Waals surface area contributed by atoms with Crippen LogP contribution in [-0.4, -0.2) is 6.47 Å². The molecule has 1 aromatic rings. The van der Waals surface area contributed by atoms with Gasteiger partial charge in [0.15, 0.2) is 0 Å². The smallest absolute Gasteiger partial charge is 0.419 e. The molecular formula is C9H5F4O2. The Bertz CT molecular complexity index is 360. The molecule has 0 N–H and O–H groups in total. The van der Waals surface area contributed by atoms with Crippen LogP contribution in [0.2, 0.25) is 0 Å². The Kier molecular flexibility index (Phi) is 3.28. The molecule has 2 nitrogen and oxygen atoms in total. The topological polar surface area (TPSA) is 26.3 Å². The number of hydrogen-bond acceptors (Lipinski definition) is 2. The van der Waals surface area contributed by atoms with Crippen LogP contribution in [0.1, 0.15) is 11.1 Å². The maximum atomic E-state index is 12.7. The minimum Gasteiger partial charge on any atom is -0.452 e. The second kappa shape index (κ2) is 4.29. The minimum absolute atomic E-state index is 0.0482. The van der Waals surface area contributed by atoms with Gasteiger partial charge in [0.25, 0.3) is 0 Å². The van der Waals surface area contributed by atoms with Crippen molar-refractivity contribution in [3.05, 3.63) is 35.1 Å². The number of rotatable bonds is 3. The molecule has 0 fully saturated rings. The third-order valence-corrected chi connectivity index (χ3v) is 1.63. The Labute approximate surface area is 82.5 Å². The van der Waals surface area contributed by atoms with E-state index in [1.54, 1.807) is 0 Å². The van der Waals surface area contributed by atoms with Crippen LogP contribution in [0.5, 0.6) is 0 Å². The standard InChI is InChI=1S/C9H5F4O2/c10-8-2-1-6(4-15-5-14)3-7(8)9(11,12)13/h1-3H,4H2. The summed E-state index contributed by atoms with van der Waals surface area (Å²) >= 11 is 0. The molecular weight excluding hydrogens is 216 g/mol. The SMILES string of the molecule is O=[C]OCc1ccc(F)c(C(F)(F)F)c1. The molecule has 0 spiro atoms. The Morgan fingerprint density at radius 2 is 2.00 bits per heavy atom. The Hall–Kier alpha value is -1.59. The van der Waals surface area contributed by atoms with E-state index in [1.165, 1.54) is 0 Å². The van der Waals surface area contributed by atoms with E-state index < -0.39 is 17.6 Å².